The second kappa shape index (κ2) is 6.37. The normalized spacial score (nSPS) is 10.9. The molecule has 0 aliphatic rings. The van der Waals surface area contributed by atoms with E-state index in [2.05, 4.69) is 20.5 Å². The van der Waals surface area contributed by atoms with Gasteiger partial charge in [0.1, 0.15) is 5.65 Å². The third-order valence-corrected chi connectivity index (χ3v) is 3.83. The van der Waals surface area contributed by atoms with Crippen LogP contribution in [0.1, 0.15) is 16.2 Å². The number of carbonyl (C=O) groups excluding carboxylic acids is 1. The van der Waals surface area contributed by atoms with E-state index >= 15 is 0 Å². The Morgan fingerprint density at radius 2 is 1.96 bits per heavy atom. The summed E-state index contributed by atoms with van der Waals surface area (Å²) >= 11 is 5.95. The molecule has 0 unspecified atom stereocenters. The highest BCUT2D eigenvalue weighted by atomic mass is 35.5. The molecule has 0 bridgehead atoms. The number of hydrogen-bond donors (Lipinski definition) is 1. The van der Waals surface area contributed by atoms with Crippen LogP contribution in [-0.4, -0.2) is 30.3 Å². The van der Waals surface area contributed by atoms with Crippen molar-refractivity contribution in [2.45, 2.75) is 6.54 Å². The number of pyridine rings is 1. The molecule has 7 nitrogen and oxygen atoms in total. The fourth-order valence-electron chi connectivity index (χ4n) is 2.42. The molecule has 0 atom stereocenters. The monoisotopic (exact) mass is 352 g/mol. The van der Waals surface area contributed by atoms with E-state index in [0.29, 0.717) is 5.02 Å². The fraction of sp³-hybridized carbons (Fsp3) is 0.0588. The third-order valence-electron chi connectivity index (χ3n) is 3.61. The van der Waals surface area contributed by atoms with E-state index in [0.717, 1.165) is 17.0 Å². The summed E-state index contributed by atoms with van der Waals surface area (Å²) in [7, 11) is 0. The summed E-state index contributed by atoms with van der Waals surface area (Å²) in [4.78, 5) is 18.1. The summed E-state index contributed by atoms with van der Waals surface area (Å²) in [5, 5.41) is 11.7. The molecule has 3 aromatic heterocycles. The molecule has 8 heteroatoms. The van der Waals surface area contributed by atoms with Gasteiger partial charge in [0.2, 0.25) is 0 Å². The maximum absolute atomic E-state index is 12.2. The van der Waals surface area contributed by atoms with E-state index < -0.39 is 0 Å². The van der Waals surface area contributed by atoms with Crippen molar-refractivity contribution >= 4 is 23.2 Å². The van der Waals surface area contributed by atoms with Gasteiger partial charge in [-0.05, 0) is 24.3 Å². The average molecular weight is 353 g/mol. The van der Waals surface area contributed by atoms with Crippen LogP contribution in [0.3, 0.4) is 0 Å². The van der Waals surface area contributed by atoms with Crippen molar-refractivity contribution in [3.8, 4) is 5.69 Å². The third kappa shape index (κ3) is 3.22. The van der Waals surface area contributed by atoms with Gasteiger partial charge >= 0.3 is 0 Å². The predicted molar refractivity (Wildman–Crippen MR) is 92.7 cm³/mol. The molecular weight excluding hydrogens is 340 g/mol. The van der Waals surface area contributed by atoms with Crippen LogP contribution in [0.25, 0.3) is 11.3 Å². The first-order chi connectivity index (χ1) is 12.2. The van der Waals surface area contributed by atoms with Crippen LogP contribution >= 0.6 is 11.6 Å². The van der Waals surface area contributed by atoms with Crippen molar-refractivity contribution in [1.29, 1.82) is 0 Å². The Kier molecular flexibility index (Phi) is 3.91. The summed E-state index contributed by atoms with van der Waals surface area (Å²) in [6, 6.07) is 13.0. The molecule has 0 saturated carbocycles. The number of rotatable bonds is 4. The van der Waals surface area contributed by atoms with E-state index in [1.807, 2.05) is 47.0 Å². The average Bonchev–Trinajstić information content (AvgIpc) is 3.27. The molecule has 4 rings (SSSR count). The number of para-hydroxylation sites is 1. The van der Waals surface area contributed by atoms with E-state index in [1.165, 1.54) is 11.0 Å². The number of hydrogen-bond acceptors (Lipinski definition) is 4. The van der Waals surface area contributed by atoms with Crippen LogP contribution in [0.15, 0.2) is 61.1 Å². The van der Waals surface area contributed by atoms with Crippen molar-refractivity contribution in [2.24, 2.45) is 0 Å². The molecule has 0 aliphatic carbocycles. The number of fused-ring (bicyclic) bond motifs is 1. The largest absolute Gasteiger partial charge is 0.345 e. The molecule has 1 aromatic carbocycles. The smallest absolute Gasteiger partial charge is 0.273 e. The van der Waals surface area contributed by atoms with Gasteiger partial charge in [-0.1, -0.05) is 29.8 Å². The number of imidazole rings is 1. The quantitative estimate of drug-likeness (QED) is 0.612. The van der Waals surface area contributed by atoms with Crippen LogP contribution in [0.2, 0.25) is 5.02 Å². The standard InChI is InChI=1S/C17H13ClN6O/c18-12-6-7-16-21-13(11-23(16)10-12)8-19-17(25)15-9-20-24(22-15)14-4-2-1-3-5-14/h1-7,9-11H,8H2,(H,19,25). The number of benzene rings is 1. The minimum Gasteiger partial charge on any atom is -0.345 e. The molecule has 4 aromatic rings. The fourth-order valence-corrected chi connectivity index (χ4v) is 2.58. The van der Waals surface area contributed by atoms with Crippen LogP contribution in [0, 0.1) is 0 Å². The molecular formula is C17H13ClN6O. The topological polar surface area (TPSA) is 77.1 Å². The minimum atomic E-state index is -0.308. The number of amides is 1. The SMILES string of the molecule is O=C(NCc1cn2cc(Cl)ccc2n1)c1cnn(-c2ccccc2)n1. The van der Waals surface area contributed by atoms with Gasteiger partial charge in [0, 0.05) is 12.4 Å². The van der Waals surface area contributed by atoms with E-state index in [-0.39, 0.29) is 18.1 Å². The zero-order valence-electron chi connectivity index (χ0n) is 13.0. The lowest BCUT2D eigenvalue weighted by atomic mass is 10.3. The second-order valence-electron chi connectivity index (χ2n) is 5.38. The molecule has 0 saturated heterocycles. The Hall–Kier alpha value is -3.19. The number of carbonyl (C=O) groups is 1. The predicted octanol–water partition coefficient (Wildman–Crippen LogP) is 2.50. The molecule has 0 aliphatic heterocycles. The van der Waals surface area contributed by atoms with E-state index in [9.17, 15) is 4.79 Å². The minimum absolute atomic E-state index is 0.246. The van der Waals surface area contributed by atoms with Crippen LogP contribution in [0.5, 0.6) is 0 Å². The Morgan fingerprint density at radius 1 is 1.12 bits per heavy atom. The van der Waals surface area contributed by atoms with Crippen molar-refractivity contribution in [2.75, 3.05) is 0 Å². The van der Waals surface area contributed by atoms with Crippen molar-refractivity contribution in [1.82, 2.24) is 29.7 Å². The maximum Gasteiger partial charge on any atom is 0.273 e. The highest BCUT2D eigenvalue weighted by Crippen LogP contribution is 2.12. The number of aromatic nitrogens is 5. The van der Waals surface area contributed by atoms with Gasteiger partial charge < -0.3 is 9.72 Å². The molecule has 1 amide bonds. The Bertz CT molecular complexity index is 1040. The van der Waals surface area contributed by atoms with Gasteiger partial charge in [-0.25, -0.2) is 4.98 Å². The van der Waals surface area contributed by atoms with Crippen molar-refractivity contribution in [3.63, 3.8) is 0 Å². The number of halogens is 1. The first-order valence-corrected chi connectivity index (χ1v) is 7.96. The molecule has 0 radical (unpaired) electrons. The zero-order valence-corrected chi connectivity index (χ0v) is 13.8. The van der Waals surface area contributed by atoms with E-state index in [1.54, 1.807) is 12.3 Å². The lowest BCUT2D eigenvalue weighted by Crippen LogP contribution is -2.23. The number of nitrogens with zero attached hydrogens (tertiary/aromatic N) is 5. The lowest BCUT2D eigenvalue weighted by molar-refractivity contribution is 0.0945. The second-order valence-corrected chi connectivity index (χ2v) is 5.82. The summed E-state index contributed by atoms with van der Waals surface area (Å²) in [5.41, 5.74) is 2.53. The Balaban J connectivity index is 1.46. The Labute approximate surface area is 147 Å². The van der Waals surface area contributed by atoms with Crippen LogP contribution in [0.4, 0.5) is 0 Å². The molecule has 124 valence electrons. The van der Waals surface area contributed by atoms with Crippen molar-refractivity contribution < 1.29 is 4.79 Å². The molecule has 3 heterocycles. The highest BCUT2D eigenvalue weighted by Gasteiger charge is 2.12. The maximum atomic E-state index is 12.2. The van der Waals surface area contributed by atoms with Gasteiger partial charge in [0.15, 0.2) is 5.69 Å². The molecule has 0 spiro atoms. The molecule has 0 fully saturated rings. The summed E-state index contributed by atoms with van der Waals surface area (Å²) in [5.74, 6) is -0.308. The van der Waals surface area contributed by atoms with Gasteiger partial charge in [-0.2, -0.15) is 9.90 Å². The van der Waals surface area contributed by atoms with Crippen molar-refractivity contribution in [3.05, 3.63) is 77.5 Å². The first-order valence-electron chi connectivity index (χ1n) is 7.58. The van der Waals surface area contributed by atoms with E-state index in [4.69, 9.17) is 11.6 Å². The van der Waals surface area contributed by atoms with Crippen LogP contribution in [-0.2, 0) is 6.54 Å². The Morgan fingerprint density at radius 3 is 2.80 bits per heavy atom. The lowest BCUT2D eigenvalue weighted by Gasteiger charge is -2.00. The molecule has 1 N–H and O–H groups in total. The van der Waals surface area contributed by atoms with Gasteiger partial charge in [-0.3, -0.25) is 4.79 Å². The summed E-state index contributed by atoms with van der Waals surface area (Å²) < 4.78 is 1.81. The highest BCUT2D eigenvalue weighted by molar-refractivity contribution is 6.30. The first kappa shape index (κ1) is 15.3. The summed E-state index contributed by atoms with van der Waals surface area (Å²) in [6.07, 6.45) is 5.02. The van der Waals surface area contributed by atoms with Gasteiger partial charge in [-0.15, -0.1) is 5.10 Å². The summed E-state index contributed by atoms with van der Waals surface area (Å²) in [6.45, 7) is 0.288. The van der Waals surface area contributed by atoms with Gasteiger partial charge in [0.25, 0.3) is 5.91 Å². The van der Waals surface area contributed by atoms with Crippen LogP contribution < -0.4 is 5.32 Å². The van der Waals surface area contributed by atoms with Gasteiger partial charge in [0.05, 0.1) is 29.1 Å². The molecule has 25 heavy (non-hydrogen) atoms. The number of nitrogens with one attached hydrogen (secondary N) is 1. The zero-order chi connectivity index (χ0) is 17.2.